The number of allylic oxidation sites excluding steroid dienone is 2. The largest absolute Gasteiger partial charge is 0.489 e. The van der Waals surface area contributed by atoms with E-state index in [1.807, 2.05) is 25.1 Å². The summed E-state index contributed by atoms with van der Waals surface area (Å²) in [5.41, 5.74) is 5.51. The van der Waals surface area contributed by atoms with Gasteiger partial charge in [0.1, 0.15) is 12.0 Å². The Balaban J connectivity index is 2.05. The molecule has 2 unspecified atom stereocenters. The predicted octanol–water partition coefficient (Wildman–Crippen LogP) is 4.42. The molecule has 0 amide bonds. The number of nitrogens with one attached hydrogen (secondary N) is 1. The molecule has 0 saturated heterocycles. The summed E-state index contributed by atoms with van der Waals surface area (Å²) in [5.74, 6) is 2.02. The number of hydrogen-bond acceptors (Lipinski definition) is 5. The van der Waals surface area contributed by atoms with Gasteiger partial charge in [-0.2, -0.15) is 0 Å². The number of nitrogens with zero attached hydrogens (tertiary/aromatic N) is 1. The minimum absolute atomic E-state index is 0.285. The normalized spacial score (nSPS) is 22.7. The lowest BCUT2D eigenvalue weighted by molar-refractivity contribution is 0.0868. The summed E-state index contributed by atoms with van der Waals surface area (Å²) in [5, 5.41) is 10.2. The van der Waals surface area contributed by atoms with E-state index in [1.54, 1.807) is 11.9 Å². The number of ether oxygens (including phenoxy) is 1. The second-order valence-corrected chi connectivity index (χ2v) is 7.82. The highest BCUT2D eigenvalue weighted by Crippen LogP contribution is 2.40. The van der Waals surface area contributed by atoms with Crippen molar-refractivity contribution in [1.29, 1.82) is 0 Å². The highest BCUT2D eigenvalue weighted by molar-refractivity contribution is 8.00. The van der Waals surface area contributed by atoms with Crippen molar-refractivity contribution in [1.82, 2.24) is 4.90 Å². The fourth-order valence-electron chi connectivity index (χ4n) is 3.39. The molecule has 1 aromatic carbocycles. The van der Waals surface area contributed by atoms with Crippen LogP contribution in [0.4, 0.5) is 5.69 Å². The molecule has 1 aromatic rings. The van der Waals surface area contributed by atoms with E-state index in [0.29, 0.717) is 0 Å². The Morgan fingerprint density at radius 1 is 1.36 bits per heavy atom. The maximum atomic E-state index is 10.2. The summed E-state index contributed by atoms with van der Waals surface area (Å²) in [6.45, 7) is 6.28. The van der Waals surface area contributed by atoms with Crippen molar-refractivity contribution in [2.45, 2.75) is 52.4 Å². The molecule has 0 aliphatic carbocycles. The van der Waals surface area contributed by atoms with E-state index in [-0.39, 0.29) is 6.10 Å². The molecule has 2 heterocycles. The minimum atomic E-state index is -0.555. The zero-order valence-electron chi connectivity index (χ0n) is 15.5. The van der Waals surface area contributed by atoms with Crippen LogP contribution in [-0.4, -0.2) is 35.1 Å². The standard InChI is InChI=1S/C20H28N2O2S/c1-5-17-8-7-14-10-16(21-25-6-2)11-18(19(14)24-17)15-9-13(3)20(23)22(4)12-15/h9-12,17,20-21,23H,5-8H2,1-4H3. The molecule has 2 N–H and O–H groups in total. The average molecular weight is 361 g/mol. The Bertz CT molecular complexity index is 699. The van der Waals surface area contributed by atoms with Crippen molar-refractivity contribution >= 4 is 23.2 Å². The summed E-state index contributed by atoms with van der Waals surface area (Å²) in [4.78, 5) is 1.85. The Hall–Kier alpha value is -1.59. The van der Waals surface area contributed by atoms with Crippen LogP contribution < -0.4 is 9.46 Å². The summed E-state index contributed by atoms with van der Waals surface area (Å²) < 4.78 is 9.77. The molecule has 0 fully saturated rings. The van der Waals surface area contributed by atoms with Crippen LogP contribution in [0.5, 0.6) is 5.75 Å². The molecule has 0 bridgehead atoms. The van der Waals surface area contributed by atoms with Crippen molar-refractivity contribution in [3.05, 3.63) is 41.1 Å². The van der Waals surface area contributed by atoms with Gasteiger partial charge in [0.15, 0.2) is 0 Å². The van der Waals surface area contributed by atoms with Crippen LogP contribution in [0.15, 0.2) is 30.0 Å². The number of rotatable bonds is 5. The van der Waals surface area contributed by atoms with E-state index < -0.39 is 6.23 Å². The number of likely N-dealkylation sites (N-methyl/N-ethyl adjacent to an activating group) is 1. The first kappa shape index (κ1) is 18.2. The fourth-order valence-corrected chi connectivity index (χ4v) is 3.82. The number of fused-ring (bicyclic) bond motifs is 1. The second-order valence-electron chi connectivity index (χ2n) is 6.75. The van der Waals surface area contributed by atoms with E-state index in [2.05, 4.69) is 36.8 Å². The van der Waals surface area contributed by atoms with E-state index in [9.17, 15) is 5.11 Å². The summed E-state index contributed by atoms with van der Waals surface area (Å²) in [6.07, 6.45) is 6.94. The Labute approximate surface area is 155 Å². The van der Waals surface area contributed by atoms with Gasteiger partial charge < -0.3 is 19.5 Å². The Morgan fingerprint density at radius 2 is 2.16 bits per heavy atom. The van der Waals surface area contributed by atoms with Gasteiger partial charge in [0, 0.05) is 35.8 Å². The molecule has 2 atom stereocenters. The Morgan fingerprint density at radius 3 is 2.84 bits per heavy atom. The first-order valence-electron chi connectivity index (χ1n) is 9.05. The maximum absolute atomic E-state index is 10.2. The van der Waals surface area contributed by atoms with Gasteiger partial charge in [-0.15, -0.1) is 0 Å². The lowest BCUT2D eigenvalue weighted by Crippen LogP contribution is -2.30. The van der Waals surface area contributed by atoms with Crippen LogP contribution in [-0.2, 0) is 6.42 Å². The van der Waals surface area contributed by atoms with Gasteiger partial charge in [0.25, 0.3) is 0 Å². The molecule has 3 rings (SSSR count). The van der Waals surface area contributed by atoms with Gasteiger partial charge in [0.05, 0.1) is 6.10 Å². The van der Waals surface area contributed by atoms with E-state index in [1.165, 1.54) is 5.56 Å². The van der Waals surface area contributed by atoms with Crippen molar-refractivity contribution < 1.29 is 9.84 Å². The third-order valence-corrected chi connectivity index (χ3v) is 5.47. The third kappa shape index (κ3) is 3.82. The summed E-state index contributed by atoms with van der Waals surface area (Å²) >= 11 is 1.70. The molecule has 0 saturated carbocycles. The third-order valence-electron chi connectivity index (χ3n) is 4.81. The van der Waals surface area contributed by atoms with Crippen LogP contribution in [0.3, 0.4) is 0 Å². The molecule has 25 heavy (non-hydrogen) atoms. The molecule has 5 heteroatoms. The number of hydrogen-bond donors (Lipinski definition) is 2. The van der Waals surface area contributed by atoms with Gasteiger partial charge >= 0.3 is 0 Å². The monoisotopic (exact) mass is 360 g/mol. The van der Waals surface area contributed by atoms with Crippen molar-refractivity contribution in [3.63, 3.8) is 0 Å². The summed E-state index contributed by atoms with van der Waals surface area (Å²) in [6, 6.07) is 4.38. The maximum Gasteiger partial charge on any atom is 0.148 e. The highest BCUT2D eigenvalue weighted by atomic mass is 32.2. The van der Waals surface area contributed by atoms with Crippen molar-refractivity contribution in [2.24, 2.45) is 0 Å². The Kier molecular flexibility index (Phi) is 5.64. The molecule has 0 aromatic heterocycles. The van der Waals surface area contributed by atoms with E-state index in [4.69, 9.17) is 4.74 Å². The quantitative estimate of drug-likeness (QED) is 0.761. The van der Waals surface area contributed by atoms with E-state index >= 15 is 0 Å². The first-order chi connectivity index (χ1) is 12.0. The van der Waals surface area contributed by atoms with Gasteiger partial charge in [-0.05, 0) is 55.5 Å². The SMILES string of the molecule is CCSNc1cc2c(c(C3=CN(C)C(O)C(C)=C3)c1)OC(CC)CC2. The highest BCUT2D eigenvalue weighted by Gasteiger charge is 2.25. The van der Waals surface area contributed by atoms with E-state index in [0.717, 1.165) is 53.2 Å². The van der Waals surface area contributed by atoms with Crippen LogP contribution in [0, 0.1) is 0 Å². The van der Waals surface area contributed by atoms with Crippen LogP contribution >= 0.6 is 11.9 Å². The lowest BCUT2D eigenvalue weighted by Gasteiger charge is -2.31. The number of aliphatic hydroxyl groups is 1. The number of benzene rings is 1. The molecular formula is C20H28N2O2S. The van der Waals surface area contributed by atoms with Crippen LogP contribution in [0.1, 0.15) is 44.7 Å². The van der Waals surface area contributed by atoms with Gasteiger partial charge in [-0.1, -0.05) is 25.8 Å². The zero-order chi connectivity index (χ0) is 18.0. The predicted molar refractivity (Wildman–Crippen MR) is 107 cm³/mol. The van der Waals surface area contributed by atoms with Gasteiger partial charge in [-0.25, -0.2) is 0 Å². The van der Waals surface area contributed by atoms with Crippen molar-refractivity contribution in [2.75, 3.05) is 17.5 Å². The first-order valence-corrected chi connectivity index (χ1v) is 10.0. The van der Waals surface area contributed by atoms with Crippen LogP contribution in [0.25, 0.3) is 5.57 Å². The van der Waals surface area contributed by atoms with Crippen molar-refractivity contribution in [3.8, 4) is 5.75 Å². The zero-order valence-corrected chi connectivity index (χ0v) is 16.3. The molecular weight excluding hydrogens is 332 g/mol. The molecule has 4 nitrogen and oxygen atoms in total. The smallest absolute Gasteiger partial charge is 0.148 e. The molecule has 0 radical (unpaired) electrons. The topological polar surface area (TPSA) is 44.7 Å². The molecule has 2 aliphatic heterocycles. The number of aliphatic hydroxyl groups excluding tert-OH is 1. The number of aryl methyl sites for hydroxylation is 1. The summed E-state index contributed by atoms with van der Waals surface area (Å²) in [7, 11) is 1.90. The molecule has 2 aliphatic rings. The van der Waals surface area contributed by atoms with Crippen LogP contribution in [0.2, 0.25) is 0 Å². The second kappa shape index (κ2) is 7.75. The van der Waals surface area contributed by atoms with Gasteiger partial charge in [0.2, 0.25) is 0 Å². The lowest BCUT2D eigenvalue weighted by atomic mass is 9.92. The minimum Gasteiger partial charge on any atom is -0.489 e. The number of anilines is 1. The fraction of sp³-hybridized carbons (Fsp3) is 0.500. The molecule has 0 spiro atoms. The molecule has 136 valence electrons. The average Bonchev–Trinajstić information content (AvgIpc) is 2.62. The van der Waals surface area contributed by atoms with Gasteiger partial charge in [-0.3, -0.25) is 0 Å².